The molecule has 2 nitrogen and oxygen atoms in total. The van der Waals surface area contributed by atoms with E-state index < -0.39 is 0 Å². The molecule has 0 aliphatic heterocycles. The zero-order valence-electron chi connectivity index (χ0n) is 10.5. The van der Waals surface area contributed by atoms with Crippen LogP contribution in [-0.2, 0) is 0 Å². The molecule has 0 bridgehead atoms. The van der Waals surface area contributed by atoms with Crippen molar-refractivity contribution in [2.45, 2.75) is 50.1 Å². The Morgan fingerprint density at radius 1 is 1.41 bits per heavy atom. The molecule has 2 aliphatic rings. The highest BCUT2D eigenvalue weighted by Gasteiger charge is 2.54. The number of hydrogen-bond acceptors (Lipinski definition) is 2. The zero-order chi connectivity index (χ0) is 12.8. The third-order valence-corrected chi connectivity index (χ3v) is 6.46. The van der Waals surface area contributed by atoms with Crippen molar-refractivity contribution < 1.29 is 10.2 Å². The Balaban J connectivity index is 2.44. The summed E-state index contributed by atoms with van der Waals surface area (Å²) in [7, 11) is 0. The molecule has 0 aromatic heterocycles. The van der Waals surface area contributed by atoms with Gasteiger partial charge in [-0.25, -0.2) is 0 Å². The van der Waals surface area contributed by atoms with Crippen molar-refractivity contribution in [3.05, 3.63) is 24.3 Å². The van der Waals surface area contributed by atoms with Crippen LogP contribution >= 0.6 is 15.9 Å². The predicted octanol–water partition coefficient (Wildman–Crippen LogP) is 2.79. The molecular weight excluding hydrogens is 280 g/mol. The summed E-state index contributed by atoms with van der Waals surface area (Å²) in [5.41, 5.74) is 0.895. The molecule has 96 valence electrons. The van der Waals surface area contributed by atoms with E-state index in [-0.39, 0.29) is 27.9 Å². The summed E-state index contributed by atoms with van der Waals surface area (Å²) in [6.45, 7) is 8.52. The second-order valence-electron chi connectivity index (χ2n) is 5.93. The van der Waals surface area contributed by atoms with Gasteiger partial charge in [0, 0.05) is 10.2 Å². The summed E-state index contributed by atoms with van der Waals surface area (Å²) in [6.07, 6.45) is 5.62. The first-order chi connectivity index (χ1) is 7.81. The van der Waals surface area contributed by atoms with E-state index in [4.69, 9.17) is 0 Å². The van der Waals surface area contributed by atoms with E-state index in [0.29, 0.717) is 6.42 Å². The summed E-state index contributed by atoms with van der Waals surface area (Å²) < 4.78 is 0. The maximum atomic E-state index is 10.1. The van der Waals surface area contributed by atoms with Crippen LogP contribution in [-0.4, -0.2) is 27.2 Å². The van der Waals surface area contributed by atoms with Crippen LogP contribution < -0.4 is 0 Å². The minimum Gasteiger partial charge on any atom is -0.392 e. The lowest BCUT2D eigenvalue weighted by Gasteiger charge is -2.56. The molecule has 2 aliphatic carbocycles. The normalized spacial score (nSPS) is 45.2. The van der Waals surface area contributed by atoms with Crippen LogP contribution in [0.1, 0.15) is 33.1 Å². The van der Waals surface area contributed by atoms with Crippen molar-refractivity contribution >= 4 is 15.9 Å². The molecule has 0 radical (unpaired) electrons. The van der Waals surface area contributed by atoms with Gasteiger partial charge in [-0.2, -0.15) is 0 Å². The number of halogens is 1. The van der Waals surface area contributed by atoms with E-state index in [0.717, 1.165) is 18.4 Å². The van der Waals surface area contributed by atoms with Crippen molar-refractivity contribution in [3.8, 4) is 0 Å². The Morgan fingerprint density at radius 3 is 2.59 bits per heavy atom. The van der Waals surface area contributed by atoms with Gasteiger partial charge in [-0.05, 0) is 24.7 Å². The van der Waals surface area contributed by atoms with Gasteiger partial charge in [0.1, 0.15) is 0 Å². The van der Waals surface area contributed by atoms with Crippen molar-refractivity contribution in [2.75, 3.05) is 0 Å². The Kier molecular flexibility index (Phi) is 3.30. The minimum absolute atomic E-state index is 0.0559. The van der Waals surface area contributed by atoms with Gasteiger partial charge in [0.05, 0.1) is 12.2 Å². The van der Waals surface area contributed by atoms with Gasteiger partial charge in [0.25, 0.3) is 0 Å². The van der Waals surface area contributed by atoms with Gasteiger partial charge in [-0.1, -0.05) is 54.1 Å². The molecule has 1 saturated carbocycles. The highest BCUT2D eigenvalue weighted by atomic mass is 79.9. The molecule has 1 spiro atoms. The monoisotopic (exact) mass is 300 g/mol. The van der Waals surface area contributed by atoms with Gasteiger partial charge < -0.3 is 10.2 Å². The van der Waals surface area contributed by atoms with Gasteiger partial charge in [-0.3, -0.25) is 0 Å². The fourth-order valence-corrected chi connectivity index (χ4v) is 3.98. The molecular formula is C14H21BrO2. The van der Waals surface area contributed by atoms with E-state index in [1.54, 1.807) is 0 Å². The first-order valence-electron chi connectivity index (χ1n) is 6.19. The molecule has 0 saturated heterocycles. The average molecular weight is 301 g/mol. The number of rotatable bonds is 0. The van der Waals surface area contributed by atoms with Crippen LogP contribution in [0.4, 0.5) is 0 Å². The molecule has 17 heavy (non-hydrogen) atoms. The van der Waals surface area contributed by atoms with Crippen LogP contribution in [0.2, 0.25) is 0 Å². The topological polar surface area (TPSA) is 40.5 Å². The van der Waals surface area contributed by atoms with Crippen molar-refractivity contribution in [1.29, 1.82) is 0 Å². The van der Waals surface area contributed by atoms with Gasteiger partial charge in [0.15, 0.2) is 0 Å². The molecule has 4 atom stereocenters. The summed E-state index contributed by atoms with van der Waals surface area (Å²) in [5, 5.41) is 19.7. The van der Waals surface area contributed by atoms with Crippen LogP contribution in [0.5, 0.6) is 0 Å². The Morgan fingerprint density at radius 2 is 2.06 bits per heavy atom. The third kappa shape index (κ3) is 1.83. The predicted molar refractivity (Wildman–Crippen MR) is 73.1 cm³/mol. The number of aliphatic hydroxyl groups is 2. The SMILES string of the molecule is C=C1C[C@H](O)[C@@H](Br)C(C)(C)[C@@]12C=C[C@H](O)CC2. The lowest BCUT2D eigenvalue weighted by Crippen LogP contribution is -2.53. The Hall–Kier alpha value is -0.120. The second kappa shape index (κ2) is 4.22. The van der Waals surface area contributed by atoms with Crippen LogP contribution in [0, 0.1) is 10.8 Å². The first kappa shape index (κ1) is 13.3. The largest absolute Gasteiger partial charge is 0.392 e. The van der Waals surface area contributed by atoms with Crippen LogP contribution in [0.3, 0.4) is 0 Å². The van der Waals surface area contributed by atoms with Gasteiger partial charge >= 0.3 is 0 Å². The number of allylic oxidation sites excluding steroid dienone is 1. The lowest BCUT2D eigenvalue weighted by molar-refractivity contribution is 0.0183. The fourth-order valence-electron chi connectivity index (χ4n) is 3.38. The summed E-state index contributed by atoms with van der Waals surface area (Å²) in [6, 6.07) is 0. The Labute approximate surface area is 112 Å². The molecule has 0 aromatic carbocycles. The van der Waals surface area contributed by atoms with Gasteiger partial charge in [0.2, 0.25) is 0 Å². The van der Waals surface area contributed by atoms with Crippen molar-refractivity contribution in [1.82, 2.24) is 0 Å². The standard InChI is InChI=1S/C14H21BrO2/c1-9-8-11(17)12(15)13(2,3)14(9)6-4-10(16)5-7-14/h4,6,10-12,16-17H,1,5,7-8H2,2-3H3/t10-,11-,12+,14+/m0/s1. The summed E-state index contributed by atoms with van der Waals surface area (Å²) in [5.74, 6) is 0. The number of hydrogen-bond donors (Lipinski definition) is 2. The number of aliphatic hydroxyl groups excluding tert-OH is 2. The molecule has 1 fully saturated rings. The molecule has 0 heterocycles. The third-order valence-electron chi connectivity index (χ3n) is 4.70. The van der Waals surface area contributed by atoms with Crippen LogP contribution in [0.25, 0.3) is 0 Å². The van der Waals surface area contributed by atoms with E-state index in [9.17, 15) is 10.2 Å². The van der Waals surface area contributed by atoms with Crippen LogP contribution in [0.15, 0.2) is 24.3 Å². The van der Waals surface area contributed by atoms with E-state index in [1.807, 2.05) is 6.08 Å². The van der Waals surface area contributed by atoms with Crippen molar-refractivity contribution in [3.63, 3.8) is 0 Å². The lowest BCUT2D eigenvalue weighted by atomic mass is 9.52. The van der Waals surface area contributed by atoms with E-state index in [2.05, 4.69) is 42.4 Å². The molecule has 2 rings (SSSR count). The second-order valence-corrected chi connectivity index (χ2v) is 6.92. The average Bonchev–Trinajstić information content (AvgIpc) is 2.27. The highest BCUT2D eigenvalue weighted by molar-refractivity contribution is 9.09. The molecule has 0 amide bonds. The summed E-state index contributed by atoms with van der Waals surface area (Å²) >= 11 is 3.64. The number of alkyl halides is 1. The molecule has 2 N–H and O–H groups in total. The quantitative estimate of drug-likeness (QED) is 0.533. The molecule has 0 unspecified atom stereocenters. The maximum Gasteiger partial charge on any atom is 0.0721 e. The maximum absolute atomic E-state index is 10.1. The van der Waals surface area contributed by atoms with E-state index in [1.165, 1.54) is 0 Å². The van der Waals surface area contributed by atoms with E-state index >= 15 is 0 Å². The molecule has 3 heteroatoms. The smallest absolute Gasteiger partial charge is 0.0721 e. The molecule has 0 aromatic rings. The first-order valence-corrected chi connectivity index (χ1v) is 7.10. The highest BCUT2D eigenvalue weighted by Crippen LogP contribution is 2.59. The van der Waals surface area contributed by atoms with Gasteiger partial charge in [-0.15, -0.1) is 0 Å². The van der Waals surface area contributed by atoms with Crippen molar-refractivity contribution in [2.24, 2.45) is 10.8 Å². The minimum atomic E-state index is -0.372. The fraction of sp³-hybridized carbons (Fsp3) is 0.714. The summed E-state index contributed by atoms with van der Waals surface area (Å²) in [4.78, 5) is 0.0559. The zero-order valence-corrected chi connectivity index (χ0v) is 12.1. The Bertz CT molecular complexity index is 361.